The number of aliphatic hydroxyl groups is 1. The van der Waals surface area contributed by atoms with Gasteiger partial charge in [-0.3, -0.25) is 0 Å². The first kappa shape index (κ1) is 15.4. The predicted molar refractivity (Wildman–Crippen MR) is 86.7 cm³/mol. The van der Waals surface area contributed by atoms with Crippen molar-refractivity contribution < 1.29 is 14.6 Å². The largest absolute Gasteiger partial charge is 0.454 e. The number of likely N-dealkylation sites (N-methyl/N-ethyl adjacent to an activating group) is 1. The molecule has 1 saturated heterocycles. The van der Waals surface area contributed by atoms with Crippen LogP contribution in [0.1, 0.15) is 19.8 Å². The zero-order chi connectivity index (χ0) is 15.5. The van der Waals surface area contributed by atoms with E-state index in [-0.39, 0.29) is 6.10 Å². The third-order valence-corrected chi connectivity index (χ3v) is 4.63. The molecule has 1 unspecified atom stereocenters. The summed E-state index contributed by atoms with van der Waals surface area (Å²) in [6, 6.07) is 5.90. The van der Waals surface area contributed by atoms with Gasteiger partial charge < -0.3 is 24.4 Å². The Bertz CT molecular complexity index is 501. The number of likely N-dealkylation sites (tertiary alicyclic amines) is 1. The molecule has 5 heteroatoms. The first-order valence-corrected chi connectivity index (χ1v) is 8.13. The van der Waals surface area contributed by atoms with Gasteiger partial charge in [0.15, 0.2) is 11.5 Å². The number of anilines is 1. The van der Waals surface area contributed by atoms with Crippen molar-refractivity contribution in [2.45, 2.75) is 25.9 Å². The number of aliphatic hydroxyl groups excluding tert-OH is 1. The second kappa shape index (κ2) is 6.75. The monoisotopic (exact) mass is 306 g/mol. The van der Waals surface area contributed by atoms with Gasteiger partial charge in [-0.15, -0.1) is 0 Å². The SMILES string of the molecule is CC1CCN(CC(O)CN(C)c2ccc3c(c2)OCO3)CC1. The Labute approximate surface area is 132 Å². The molecule has 5 nitrogen and oxygen atoms in total. The van der Waals surface area contributed by atoms with Crippen molar-refractivity contribution in [1.29, 1.82) is 0 Å². The van der Waals surface area contributed by atoms with Crippen LogP contribution < -0.4 is 14.4 Å². The van der Waals surface area contributed by atoms with Gasteiger partial charge in [0.2, 0.25) is 6.79 Å². The van der Waals surface area contributed by atoms with Crippen LogP contribution in [0, 0.1) is 5.92 Å². The lowest BCUT2D eigenvalue weighted by atomic mass is 9.99. The maximum absolute atomic E-state index is 10.4. The molecule has 22 heavy (non-hydrogen) atoms. The molecule has 0 saturated carbocycles. The Kier molecular flexibility index (Phi) is 4.74. The minimum Gasteiger partial charge on any atom is -0.454 e. The molecular formula is C17H26N2O3. The molecule has 0 spiro atoms. The van der Waals surface area contributed by atoms with E-state index in [0.29, 0.717) is 13.3 Å². The topological polar surface area (TPSA) is 45.2 Å². The average molecular weight is 306 g/mol. The molecule has 3 rings (SSSR count). The highest BCUT2D eigenvalue weighted by molar-refractivity contribution is 5.56. The van der Waals surface area contributed by atoms with Crippen molar-refractivity contribution in [2.24, 2.45) is 5.92 Å². The zero-order valence-electron chi connectivity index (χ0n) is 13.5. The van der Waals surface area contributed by atoms with Crippen molar-refractivity contribution in [2.75, 3.05) is 44.9 Å². The van der Waals surface area contributed by atoms with Gasteiger partial charge in [0.1, 0.15) is 0 Å². The second-order valence-electron chi connectivity index (χ2n) is 6.56. The van der Waals surface area contributed by atoms with E-state index >= 15 is 0 Å². The van der Waals surface area contributed by atoms with Crippen LogP contribution in [0.4, 0.5) is 5.69 Å². The summed E-state index contributed by atoms with van der Waals surface area (Å²) in [5.41, 5.74) is 1.04. The van der Waals surface area contributed by atoms with Crippen molar-refractivity contribution in [3.05, 3.63) is 18.2 Å². The molecule has 2 aliphatic rings. The van der Waals surface area contributed by atoms with Crippen molar-refractivity contribution in [3.8, 4) is 11.5 Å². The molecule has 122 valence electrons. The molecule has 0 amide bonds. The Hall–Kier alpha value is -1.46. The van der Waals surface area contributed by atoms with Crippen molar-refractivity contribution >= 4 is 5.69 Å². The van der Waals surface area contributed by atoms with E-state index in [0.717, 1.165) is 42.7 Å². The number of hydrogen-bond donors (Lipinski definition) is 1. The van der Waals surface area contributed by atoms with Gasteiger partial charge in [-0.2, -0.15) is 0 Å². The van der Waals surface area contributed by atoms with E-state index < -0.39 is 0 Å². The Morgan fingerprint density at radius 3 is 2.77 bits per heavy atom. The van der Waals surface area contributed by atoms with Crippen LogP contribution in [-0.4, -0.2) is 56.1 Å². The Morgan fingerprint density at radius 2 is 2.00 bits per heavy atom. The van der Waals surface area contributed by atoms with E-state index in [4.69, 9.17) is 9.47 Å². The van der Waals surface area contributed by atoms with E-state index in [1.807, 2.05) is 25.2 Å². The smallest absolute Gasteiger partial charge is 0.231 e. The Balaban J connectivity index is 1.51. The van der Waals surface area contributed by atoms with Gasteiger partial charge in [-0.1, -0.05) is 6.92 Å². The number of hydrogen-bond acceptors (Lipinski definition) is 5. The highest BCUT2D eigenvalue weighted by atomic mass is 16.7. The van der Waals surface area contributed by atoms with Gasteiger partial charge in [0.05, 0.1) is 6.10 Å². The minimum absolute atomic E-state index is 0.290. The van der Waals surface area contributed by atoms with E-state index in [9.17, 15) is 5.11 Å². The molecule has 1 fully saturated rings. The summed E-state index contributed by atoms with van der Waals surface area (Å²) in [4.78, 5) is 4.44. The summed E-state index contributed by atoms with van der Waals surface area (Å²) in [6.07, 6.45) is 2.14. The Morgan fingerprint density at radius 1 is 1.27 bits per heavy atom. The molecular weight excluding hydrogens is 280 g/mol. The fourth-order valence-corrected chi connectivity index (χ4v) is 3.14. The fraction of sp³-hybridized carbons (Fsp3) is 0.647. The molecule has 1 aromatic rings. The number of fused-ring (bicyclic) bond motifs is 1. The zero-order valence-corrected chi connectivity index (χ0v) is 13.5. The lowest BCUT2D eigenvalue weighted by molar-refractivity contribution is 0.0958. The van der Waals surface area contributed by atoms with E-state index in [1.54, 1.807) is 0 Å². The van der Waals surface area contributed by atoms with Gasteiger partial charge in [0.25, 0.3) is 0 Å². The van der Waals surface area contributed by atoms with Crippen molar-refractivity contribution in [1.82, 2.24) is 4.90 Å². The lowest BCUT2D eigenvalue weighted by Gasteiger charge is -2.33. The molecule has 2 aliphatic heterocycles. The van der Waals surface area contributed by atoms with Crippen LogP contribution in [0.3, 0.4) is 0 Å². The summed E-state index contributed by atoms with van der Waals surface area (Å²) in [5, 5.41) is 10.4. The normalized spacial score (nSPS) is 20.1. The van der Waals surface area contributed by atoms with Gasteiger partial charge in [-0.25, -0.2) is 0 Å². The second-order valence-corrected chi connectivity index (χ2v) is 6.56. The molecule has 0 radical (unpaired) electrons. The van der Waals surface area contributed by atoms with Crippen molar-refractivity contribution in [3.63, 3.8) is 0 Å². The summed E-state index contributed by atoms with van der Waals surface area (Å²) in [5.74, 6) is 2.40. The maximum Gasteiger partial charge on any atom is 0.231 e. The summed E-state index contributed by atoms with van der Waals surface area (Å²) in [6.45, 7) is 6.17. The summed E-state index contributed by atoms with van der Waals surface area (Å²) in [7, 11) is 2.00. The number of rotatable bonds is 5. The van der Waals surface area contributed by atoms with E-state index in [1.165, 1.54) is 12.8 Å². The molecule has 0 aliphatic carbocycles. The fourth-order valence-electron chi connectivity index (χ4n) is 3.14. The number of piperidine rings is 1. The number of β-amino-alcohol motifs (C(OH)–C–C–N with tert-alkyl or cyclic N) is 1. The standard InChI is InChI=1S/C17H26N2O3/c1-13-5-7-19(8-6-13)11-15(20)10-18(2)14-3-4-16-17(9-14)22-12-21-16/h3-4,9,13,15,20H,5-8,10-12H2,1-2H3. The molecule has 2 heterocycles. The molecule has 1 atom stereocenters. The van der Waals surface area contributed by atoms with Gasteiger partial charge in [0, 0.05) is 31.9 Å². The number of nitrogens with zero attached hydrogens (tertiary/aromatic N) is 2. The lowest BCUT2D eigenvalue weighted by Crippen LogP contribution is -2.42. The van der Waals surface area contributed by atoms with Crippen LogP contribution in [0.25, 0.3) is 0 Å². The predicted octanol–water partition coefficient (Wildman–Crippen LogP) is 1.94. The minimum atomic E-state index is -0.344. The molecule has 1 aromatic carbocycles. The van der Waals surface area contributed by atoms with Crippen LogP contribution in [0.15, 0.2) is 18.2 Å². The van der Waals surface area contributed by atoms with Crippen LogP contribution in [0.2, 0.25) is 0 Å². The quantitative estimate of drug-likeness (QED) is 0.901. The van der Waals surface area contributed by atoms with Crippen LogP contribution >= 0.6 is 0 Å². The third kappa shape index (κ3) is 3.65. The van der Waals surface area contributed by atoms with Gasteiger partial charge >= 0.3 is 0 Å². The molecule has 0 bridgehead atoms. The number of ether oxygens (including phenoxy) is 2. The first-order valence-electron chi connectivity index (χ1n) is 8.13. The number of benzene rings is 1. The highest BCUT2D eigenvalue weighted by Gasteiger charge is 2.20. The third-order valence-electron chi connectivity index (χ3n) is 4.63. The van der Waals surface area contributed by atoms with Crippen LogP contribution in [-0.2, 0) is 0 Å². The molecule has 0 aromatic heterocycles. The van der Waals surface area contributed by atoms with Crippen LogP contribution in [0.5, 0.6) is 11.5 Å². The maximum atomic E-state index is 10.4. The first-order chi connectivity index (χ1) is 10.6. The van der Waals surface area contributed by atoms with Gasteiger partial charge in [-0.05, 0) is 44.0 Å². The average Bonchev–Trinajstić information content (AvgIpc) is 2.97. The van der Waals surface area contributed by atoms with E-state index in [2.05, 4.69) is 16.7 Å². The summed E-state index contributed by atoms with van der Waals surface area (Å²) >= 11 is 0. The summed E-state index contributed by atoms with van der Waals surface area (Å²) < 4.78 is 10.7. The molecule has 1 N–H and O–H groups in total. The highest BCUT2D eigenvalue weighted by Crippen LogP contribution is 2.35.